The van der Waals surface area contributed by atoms with Crippen LogP contribution in [0.25, 0.3) is 11.1 Å². The minimum Gasteiger partial charge on any atom is -0.348 e. The van der Waals surface area contributed by atoms with Crippen LogP contribution in [0.2, 0.25) is 10.0 Å². The minimum absolute atomic E-state index is 0.0876. The van der Waals surface area contributed by atoms with Crippen LogP contribution in [0.4, 0.5) is 13.2 Å². The molecule has 1 aliphatic heterocycles. The fourth-order valence-electron chi connectivity index (χ4n) is 3.82. The van der Waals surface area contributed by atoms with Gasteiger partial charge in [0.25, 0.3) is 0 Å². The highest BCUT2D eigenvalue weighted by molar-refractivity contribution is 6.31. The van der Waals surface area contributed by atoms with Gasteiger partial charge in [-0.15, -0.1) is 0 Å². The number of hydrogen-bond acceptors (Lipinski definition) is 5. The normalized spacial score (nSPS) is 15.5. The number of rotatable bonds is 5. The van der Waals surface area contributed by atoms with Crippen molar-refractivity contribution in [2.45, 2.75) is 19.0 Å². The van der Waals surface area contributed by atoms with Crippen LogP contribution in [-0.4, -0.2) is 26.1 Å². The van der Waals surface area contributed by atoms with E-state index < -0.39 is 23.8 Å². The SMILES string of the molecule is O=c1[nH]nc2n1NC(OCc1ccc(C(F)(F)F)nc1)C(c1ccc(Cl)cc1)=C2c1ccc(Cl)cc1. The second kappa shape index (κ2) is 9.45. The summed E-state index contributed by atoms with van der Waals surface area (Å²) in [5.41, 5.74) is 4.58. The molecule has 5 rings (SSSR count). The van der Waals surface area contributed by atoms with Crippen molar-refractivity contribution in [3.63, 3.8) is 0 Å². The van der Waals surface area contributed by atoms with Gasteiger partial charge in [-0.05, 0) is 47.0 Å². The van der Waals surface area contributed by atoms with Gasteiger partial charge in [0, 0.05) is 27.4 Å². The first-order chi connectivity index (χ1) is 17.2. The number of alkyl halides is 3. The Labute approximate surface area is 212 Å². The van der Waals surface area contributed by atoms with E-state index in [-0.39, 0.29) is 6.61 Å². The van der Waals surface area contributed by atoms with Crippen LogP contribution in [0.15, 0.2) is 71.7 Å². The second-order valence-electron chi connectivity index (χ2n) is 7.86. The number of ether oxygens (including phenoxy) is 1. The minimum atomic E-state index is -4.54. The van der Waals surface area contributed by atoms with Crippen molar-refractivity contribution in [1.82, 2.24) is 19.9 Å². The molecule has 2 aromatic heterocycles. The number of pyridine rings is 1. The number of aromatic amines is 1. The maximum atomic E-state index is 12.9. The Balaban J connectivity index is 1.59. The number of hydrogen-bond donors (Lipinski definition) is 2. The first-order valence-corrected chi connectivity index (χ1v) is 11.3. The number of H-pyrrole nitrogens is 1. The summed E-state index contributed by atoms with van der Waals surface area (Å²) in [6.45, 7) is -0.0876. The van der Waals surface area contributed by atoms with Gasteiger partial charge in [-0.1, -0.05) is 53.5 Å². The van der Waals surface area contributed by atoms with Crippen LogP contribution < -0.4 is 11.1 Å². The Kier molecular flexibility index (Phi) is 6.33. The van der Waals surface area contributed by atoms with Crippen molar-refractivity contribution >= 4 is 34.3 Å². The van der Waals surface area contributed by atoms with Crippen molar-refractivity contribution < 1.29 is 17.9 Å². The third-order valence-corrected chi connectivity index (χ3v) is 6.00. The molecule has 0 spiro atoms. The van der Waals surface area contributed by atoms with Crippen LogP contribution in [0, 0.1) is 0 Å². The summed E-state index contributed by atoms with van der Waals surface area (Å²) < 4.78 is 45.9. The topological polar surface area (TPSA) is 84.8 Å². The van der Waals surface area contributed by atoms with E-state index in [0.717, 1.165) is 23.4 Å². The maximum absolute atomic E-state index is 12.9. The maximum Gasteiger partial charge on any atom is 0.433 e. The van der Waals surface area contributed by atoms with Gasteiger partial charge < -0.3 is 4.74 Å². The summed E-state index contributed by atoms with van der Waals surface area (Å²) in [6.07, 6.45) is -4.32. The largest absolute Gasteiger partial charge is 0.433 e. The third kappa shape index (κ3) is 4.75. The molecule has 1 aliphatic rings. The van der Waals surface area contributed by atoms with E-state index >= 15 is 0 Å². The van der Waals surface area contributed by atoms with Gasteiger partial charge >= 0.3 is 11.9 Å². The molecule has 0 saturated carbocycles. The van der Waals surface area contributed by atoms with Gasteiger partial charge in [0.1, 0.15) is 5.69 Å². The highest BCUT2D eigenvalue weighted by Gasteiger charge is 2.33. The van der Waals surface area contributed by atoms with E-state index in [2.05, 4.69) is 20.6 Å². The molecule has 0 saturated heterocycles. The quantitative estimate of drug-likeness (QED) is 0.361. The van der Waals surface area contributed by atoms with E-state index in [1.54, 1.807) is 48.5 Å². The van der Waals surface area contributed by atoms with Gasteiger partial charge in [-0.3, -0.25) is 10.4 Å². The molecule has 0 aliphatic carbocycles. The number of halogens is 5. The number of benzene rings is 2. The molecule has 0 amide bonds. The van der Waals surface area contributed by atoms with E-state index in [9.17, 15) is 18.0 Å². The van der Waals surface area contributed by atoms with Crippen LogP contribution >= 0.6 is 23.2 Å². The van der Waals surface area contributed by atoms with Crippen molar-refractivity contribution in [3.8, 4) is 0 Å². The zero-order chi connectivity index (χ0) is 25.4. The average Bonchev–Trinajstić information content (AvgIpc) is 3.23. The Morgan fingerprint density at radius 3 is 2.17 bits per heavy atom. The van der Waals surface area contributed by atoms with Crippen molar-refractivity contribution in [2.24, 2.45) is 0 Å². The van der Waals surface area contributed by atoms with Gasteiger partial charge in [0.05, 0.1) is 6.61 Å². The summed E-state index contributed by atoms with van der Waals surface area (Å²) in [4.78, 5) is 16.0. The van der Waals surface area contributed by atoms with Crippen LogP contribution in [0.5, 0.6) is 0 Å². The van der Waals surface area contributed by atoms with Crippen LogP contribution in [0.1, 0.15) is 28.2 Å². The standard InChI is InChI=1S/C24H16Cl2F3N5O2/c25-16-6-2-14(3-7-16)19-20(15-4-8-17(26)9-5-15)22(33-34-21(19)31-32-23(34)35)36-12-13-1-10-18(30-11-13)24(27,28)29/h1-11,22,33H,12H2,(H,32,35). The third-order valence-electron chi connectivity index (χ3n) is 5.49. The molecule has 2 aromatic carbocycles. The lowest BCUT2D eigenvalue weighted by molar-refractivity contribution is -0.141. The second-order valence-corrected chi connectivity index (χ2v) is 8.73. The lowest BCUT2D eigenvalue weighted by Crippen LogP contribution is -2.41. The molecular formula is C24H16Cl2F3N5O2. The molecule has 12 heteroatoms. The number of fused-ring (bicyclic) bond motifs is 1. The van der Waals surface area contributed by atoms with E-state index in [0.29, 0.717) is 32.6 Å². The fraction of sp³-hybridized carbons (Fsp3) is 0.125. The van der Waals surface area contributed by atoms with Crippen molar-refractivity contribution in [3.05, 3.63) is 116 Å². The van der Waals surface area contributed by atoms with Crippen molar-refractivity contribution in [1.29, 1.82) is 0 Å². The summed E-state index contributed by atoms with van der Waals surface area (Å²) in [7, 11) is 0. The molecule has 4 aromatic rings. The smallest absolute Gasteiger partial charge is 0.348 e. The summed E-state index contributed by atoms with van der Waals surface area (Å²) >= 11 is 12.2. The summed E-state index contributed by atoms with van der Waals surface area (Å²) in [5.74, 6) is 0.323. The number of nitrogens with one attached hydrogen (secondary N) is 2. The first-order valence-electron chi connectivity index (χ1n) is 10.5. The van der Waals surface area contributed by atoms with Crippen molar-refractivity contribution in [2.75, 3.05) is 5.43 Å². The fourth-order valence-corrected chi connectivity index (χ4v) is 4.07. The highest BCUT2D eigenvalue weighted by Crippen LogP contribution is 2.37. The molecule has 2 N–H and O–H groups in total. The zero-order valence-corrected chi connectivity index (χ0v) is 19.7. The predicted octanol–water partition coefficient (Wildman–Crippen LogP) is 5.35. The van der Waals surface area contributed by atoms with E-state index in [1.165, 1.54) is 10.7 Å². The molecule has 184 valence electrons. The molecule has 0 radical (unpaired) electrons. The zero-order valence-electron chi connectivity index (χ0n) is 18.2. The predicted molar refractivity (Wildman–Crippen MR) is 129 cm³/mol. The highest BCUT2D eigenvalue weighted by atomic mass is 35.5. The monoisotopic (exact) mass is 533 g/mol. The lowest BCUT2D eigenvalue weighted by Gasteiger charge is -2.31. The van der Waals surface area contributed by atoms with Crippen LogP contribution in [0.3, 0.4) is 0 Å². The molecule has 1 unspecified atom stereocenters. The number of nitrogens with zero attached hydrogens (tertiary/aromatic N) is 3. The molecule has 36 heavy (non-hydrogen) atoms. The Morgan fingerprint density at radius 2 is 1.58 bits per heavy atom. The molecule has 0 fully saturated rings. The molecular weight excluding hydrogens is 518 g/mol. The average molecular weight is 534 g/mol. The van der Waals surface area contributed by atoms with Crippen LogP contribution in [-0.2, 0) is 17.5 Å². The Morgan fingerprint density at radius 1 is 0.944 bits per heavy atom. The summed E-state index contributed by atoms with van der Waals surface area (Å²) in [5, 5.41) is 7.68. The van der Waals surface area contributed by atoms with E-state index in [4.69, 9.17) is 27.9 Å². The first kappa shape index (κ1) is 24.1. The van der Waals surface area contributed by atoms with E-state index in [1.807, 2.05) is 0 Å². The van der Waals surface area contributed by atoms with Gasteiger partial charge in [-0.25, -0.2) is 9.89 Å². The number of aromatic nitrogens is 4. The Bertz CT molecular complexity index is 1480. The Hall–Kier alpha value is -3.60. The molecule has 0 bridgehead atoms. The molecule has 3 heterocycles. The van der Waals surface area contributed by atoms with Gasteiger partial charge in [0.2, 0.25) is 0 Å². The van der Waals surface area contributed by atoms with Gasteiger partial charge in [0.15, 0.2) is 12.1 Å². The summed E-state index contributed by atoms with van der Waals surface area (Å²) in [6, 6.07) is 16.2. The molecule has 1 atom stereocenters. The van der Waals surface area contributed by atoms with Gasteiger partial charge in [-0.2, -0.15) is 22.9 Å². The lowest BCUT2D eigenvalue weighted by atomic mass is 9.92. The molecule has 7 nitrogen and oxygen atoms in total.